The molecule has 3 rings (SSSR count). The van der Waals surface area contributed by atoms with Crippen molar-refractivity contribution in [3.63, 3.8) is 0 Å². The monoisotopic (exact) mass is 511 g/mol. The molecule has 0 saturated carbocycles. The Morgan fingerprint density at radius 2 is 1.56 bits per heavy atom. The number of hydrogen-bond acceptors (Lipinski definition) is 8. The van der Waals surface area contributed by atoms with E-state index < -0.39 is 28.4 Å². The van der Waals surface area contributed by atoms with E-state index in [2.05, 4.69) is 15.3 Å². The van der Waals surface area contributed by atoms with Crippen LogP contribution in [0.3, 0.4) is 0 Å². The minimum Gasteiger partial charge on any atom is -0.497 e. The lowest BCUT2D eigenvalue weighted by Gasteiger charge is -2.23. The minimum absolute atomic E-state index is 0.0478. The van der Waals surface area contributed by atoms with Gasteiger partial charge in [0.05, 0.1) is 31.0 Å². The number of sulfonamides is 1. The highest BCUT2D eigenvalue weighted by molar-refractivity contribution is 7.92. The van der Waals surface area contributed by atoms with Gasteiger partial charge in [0.2, 0.25) is 0 Å². The molecule has 1 amide bonds. The molecule has 0 aliphatic heterocycles. The maximum absolute atomic E-state index is 13.3. The Kier molecular flexibility index (Phi) is 9.01. The van der Waals surface area contributed by atoms with Crippen LogP contribution in [0.5, 0.6) is 11.5 Å². The van der Waals surface area contributed by atoms with Crippen molar-refractivity contribution in [3.05, 3.63) is 84.4 Å². The standard InChI is InChI=1S/C25H25N3O7S/c1-33-21-14-10-20(11-15-21)28(36(31,32)23-6-4-3-5-7-23)17-24(29)27-26-16-19-8-12-22(13-9-19)35-18-25(30)34-2/h3-16H,17-18H2,1-2H3,(H,27,29)/b26-16-. The summed E-state index contributed by atoms with van der Waals surface area (Å²) in [6.45, 7) is -0.711. The van der Waals surface area contributed by atoms with Crippen LogP contribution >= 0.6 is 0 Å². The van der Waals surface area contributed by atoms with E-state index in [0.29, 0.717) is 22.7 Å². The summed E-state index contributed by atoms with van der Waals surface area (Å²) in [6.07, 6.45) is 1.39. The van der Waals surface area contributed by atoms with E-state index in [4.69, 9.17) is 9.47 Å². The second kappa shape index (κ2) is 12.4. The lowest BCUT2D eigenvalue weighted by Crippen LogP contribution is -2.39. The van der Waals surface area contributed by atoms with E-state index in [9.17, 15) is 18.0 Å². The number of anilines is 1. The number of esters is 1. The molecule has 188 valence electrons. The Morgan fingerprint density at radius 1 is 0.917 bits per heavy atom. The summed E-state index contributed by atoms with van der Waals surface area (Å²) >= 11 is 0. The van der Waals surface area contributed by atoms with Gasteiger partial charge in [-0.25, -0.2) is 18.6 Å². The first-order valence-corrected chi connectivity index (χ1v) is 12.1. The second-order valence-electron chi connectivity index (χ2n) is 7.25. The summed E-state index contributed by atoms with van der Waals surface area (Å²) < 4.78 is 42.5. The van der Waals surface area contributed by atoms with Gasteiger partial charge in [0, 0.05) is 0 Å². The molecule has 0 atom stereocenters. The Bertz CT molecular complexity index is 1290. The second-order valence-corrected chi connectivity index (χ2v) is 9.11. The van der Waals surface area contributed by atoms with Crippen molar-refractivity contribution < 1.29 is 32.2 Å². The average molecular weight is 512 g/mol. The zero-order valence-electron chi connectivity index (χ0n) is 19.7. The van der Waals surface area contributed by atoms with Crippen molar-refractivity contribution in [1.82, 2.24) is 5.43 Å². The van der Waals surface area contributed by atoms with Gasteiger partial charge in [0.1, 0.15) is 18.0 Å². The van der Waals surface area contributed by atoms with Crippen LogP contribution in [-0.4, -0.2) is 53.9 Å². The number of hydrazone groups is 1. The fourth-order valence-electron chi connectivity index (χ4n) is 2.98. The molecule has 0 aliphatic rings. The Morgan fingerprint density at radius 3 is 2.17 bits per heavy atom. The van der Waals surface area contributed by atoms with Gasteiger partial charge in [0.25, 0.3) is 15.9 Å². The molecule has 0 unspecified atom stereocenters. The Hall–Kier alpha value is -4.38. The van der Waals surface area contributed by atoms with Crippen LogP contribution < -0.4 is 19.2 Å². The summed E-state index contributed by atoms with van der Waals surface area (Å²) in [5.41, 5.74) is 3.28. The van der Waals surface area contributed by atoms with Crippen molar-refractivity contribution >= 4 is 33.8 Å². The Labute approximate surface area is 209 Å². The maximum atomic E-state index is 13.3. The van der Waals surface area contributed by atoms with E-state index in [1.807, 2.05) is 0 Å². The van der Waals surface area contributed by atoms with E-state index in [0.717, 1.165) is 4.31 Å². The molecule has 10 nitrogen and oxygen atoms in total. The first-order chi connectivity index (χ1) is 17.3. The summed E-state index contributed by atoms with van der Waals surface area (Å²) in [5.74, 6) is -0.129. The molecule has 11 heteroatoms. The predicted molar refractivity (Wildman–Crippen MR) is 134 cm³/mol. The summed E-state index contributed by atoms with van der Waals surface area (Å²) in [5, 5.41) is 3.91. The predicted octanol–water partition coefficient (Wildman–Crippen LogP) is 2.59. The van der Waals surface area contributed by atoms with E-state index in [1.54, 1.807) is 66.7 Å². The molecule has 0 fully saturated rings. The molecular weight excluding hydrogens is 486 g/mol. The molecule has 1 N–H and O–H groups in total. The zero-order chi connectivity index (χ0) is 26.0. The first kappa shape index (κ1) is 26.2. The number of carbonyl (C=O) groups excluding carboxylic acids is 2. The van der Waals surface area contributed by atoms with Gasteiger partial charge in [0.15, 0.2) is 6.61 Å². The molecule has 0 saturated heterocycles. The fraction of sp³-hybridized carbons (Fsp3) is 0.160. The van der Waals surface area contributed by atoms with Gasteiger partial charge in [-0.3, -0.25) is 9.10 Å². The number of rotatable bonds is 11. The molecule has 3 aromatic carbocycles. The topological polar surface area (TPSA) is 124 Å². The van der Waals surface area contributed by atoms with Crippen molar-refractivity contribution in [3.8, 4) is 11.5 Å². The van der Waals surface area contributed by atoms with E-state index >= 15 is 0 Å². The molecule has 0 bridgehead atoms. The molecule has 0 aliphatic carbocycles. The lowest BCUT2D eigenvalue weighted by atomic mass is 10.2. The highest BCUT2D eigenvalue weighted by Crippen LogP contribution is 2.25. The van der Waals surface area contributed by atoms with Crippen molar-refractivity contribution in [2.45, 2.75) is 4.90 Å². The largest absolute Gasteiger partial charge is 0.497 e. The molecule has 36 heavy (non-hydrogen) atoms. The number of nitrogens with zero attached hydrogens (tertiary/aromatic N) is 2. The van der Waals surface area contributed by atoms with Gasteiger partial charge in [-0.2, -0.15) is 5.10 Å². The first-order valence-electron chi connectivity index (χ1n) is 10.7. The number of hydrogen-bond donors (Lipinski definition) is 1. The van der Waals surface area contributed by atoms with Crippen molar-refractivity contribution in [1.29, 1.82) is 0 Å². The van der Waals surface area contributed by atoms with Crippen LogP contribution in [0.4, 0.5) is 5.69 Å². The third-order valence-corrected chi connectivity index (χ3v) is 6.63. The van der Waals surface area contributed by atoms with Crippen LogP contribution in [0, 0.1) is 0 Å². The fourth-order valence-corrected chi connectivity index (χ4v) is 4.42. The number of benzene rings is 3. The summed E-state index contributed by atoms with van der Waals surface area (Å²) in [7, 11) is -1.26. The zero-order valence-corrected chi connectivity index (χ0v) is 20.5. The number of methoxy groups -OCH3 is 2. The van der Waals surface area contributed by atoms with Crippen LogP contribution in [-0.2, 0) is 24.3 Å². The van der Waals surface area contributed by atoms with Crippen LogP contribution in [0.15, 0.2) is 88.9 Å². The van der Waals surface area contributed by atoms with Gasteiger partial charge < -0.3 is 14.2 Å². The van der Waals surface area contributed by atoms with Crippen LogP contribution in [0.25, 0.3) is 0 Å². The number of ether oxygens (including phenoxy) is 3. The SMILES string of the molecule is COC(=O)COc1ccc(/C=N\NC(=O)CN(c2ccc(OC)cc2)S(=O)(=O)c2ccccc2)cc1. The molecule has 0 aromatic heterocycles. The van der Waals surface area contributed by atoms with Crippen molar-refractivity contribution in [2.75, 3.05) is 31.7 Å². The average Bonchev–Trinajstić information content (AvgIpc) is 2.91. The van der Waals surface area contributed by atoms with Gasteiger partial charge >= 0.3 is 5.97 Å². The third-order valence-electron chi connectivity index (χ3n) is 4.85. The third kappa shape index (κ3) is 7.06. The van der Waals surface area contributed by atoms with Gasteiger partial charge in [-0.05, 0) is 66.2 Å². The number of amides is 1. The molecular formula is C25H25N3O7S. The normalized spacial score (nSPS) is 11.1. The summed E-state index contributed by atoms with van der Waals surface area (Å²) in [4.78, 5) is 23.8. The smallest absolute Gasteiger partial charge is 0.343 e. The minimum atomic E-state index is -4.03. The van der Waals surface area contributed by atoms with Crippen molar-refractivity contribution in [2.24, 2.45) is 5.10 Å². The molecule has 0 radical (unpaired) electrons. The lowest BCUT2D eigenvalue weighted by molar-refractivity contribution is -0.142. The highest BCUT2D eigenvalue weighted by Gasteiger charge is 2.27. The van der Waals surface area contributed by atoms with Gasteiger partial charge in [-0.1, -0.05) is 18.2 Å². The quantitative estimate of drug-likeness (QED) is 0.238. The van der Waals surface area contributed by atoms with Gasteiger partial charge in [-0.15, -0.1) is 0 Å². The van der Waals surface area contributed by atoms with E-state index in [-0.39, 0.29) is 11.5 Å². The van der Waals surface area contributed by atoms with Crippen LogP contribution in [0.2, 0.25) is 0 Å². The molecule has 3 aromatic rings. The number of carbonyl (C=O) groups is 2. The summed E-state index contributed by atoms with van der Waals surface area (Å²) in [6, 6.07) is 20.8. The number of nitrogens with one attached hydrogen (secondary N) is 1. The van der Waals surface area contributed by atoms with E-state index in [1.165, 1.54) is 32.6 Å². The Balaban J connectivity index is 1.70. The molecule has 0 spiro atoms. The molecule has 0 heterocycles. The maximum Gasteiger partial charge on any atom is 0.343 e. The van der Waals surface area contributed by atoms with Crippen LogP contribution in [0.1, 0.15) is 5.56 Å². The highest BCUT2D eigenvalue weighted by atomic mass is 32.2.